The standard InChI is InChI=1S/C18H24F2O2Si/c1-12-14(13-10-8-7-9-11-13)15(21)18(19,20)16(12)22-23(5,6)17(2,3)4/h7-11,16H,1-6H3. The van der Waals surface area contributed by atoms with Gasteiger partial charge in [-0.05, 0) is 36.2 Å². The van der Waals surface area contributed by atoms with Crippen LogP contribution in [0.3, 0.4) is 0 Å². The van der Waals surface area contributed by atoms with Crippen LogP contribution in [0.15, 0.2) is 35.9 Å². The molecule has 2 rings (SSSR count). The number of rotatable bonds is 3. The van der Waals surface area contributed by atoms with Crippen LogP contribution in [0.4, 0.5) is 8.78 Å². The quantitative estimate of drug-likeness (QED) is 0.719. The monoisotopic (exact) mass is 338 g/mol. The molecular weight excluding hydrogens is 314 g/mol. The minimum Gasteiger partial charge on any atom is -0.404 e. The molecule has 0 radical (unpaired) electrons. The summed E-state index contributed by atoms with van der Waals surface area (Å²) in [4.78, 5) is 12.3. The normalized spacial score (nSPS) is 21.9. The molecule has 1 unspecified atom stereocenters. The van der Waals surface area contributed by atoms with Crippen molar-refractivity contribution in [1.29, 1.82) is 0 Å². The van der Waals surface area contributed by atoms with Crippen LogP contribution in [-0.2, 0) is 9.22 Å². The molecular formula is C18H24F2O2Si. The molecule has 2 nitrogen and oxygen atoms in total. The number of hydrogen-bond acceptors (Lipinski definition) is 2. The van der Waals surface area contributed by atoms with E-state index in [0.717, 1.165) is 0 Å². The molecule has 0 aliphatic heterocycles. The number of ketones is 1. The second-order valence-electron chi connectivity index (χ2n) is 7.63. The maximum Gasteiger partial charge on any atom is 0.337 e. The Hall–Kier alpha value is -1.33. The van der Waals surface area contributed by atoms with E-state index in [0.29, 0.717) is 11.1 Å². The molecule has 23 heavy (non-hydrogen) atoms. The molecule has 0 spiro atoms. The molecule has 126 valence electrons. The van der Waals surface area contributed by atoms with Gasteiger partial charge < -0.3 is 4.43 Å². The summed E-state index contributed by atoms with van der Waals surface area (Å²) in [5.74, 6) is -4.64. The Labute approximate surface area is 137 Å². The summed E-state index contributed by atoms with van der Waals surface area (Å²) in [7, 11) is -2.43. The van der Waals surface area contributed by atoms with Gasteiger partial charge in [-0.1, -0.05) is 51.1 Å². The van der Waals surface area contributed by atoms with E-state index in [1.807, 2.05) is 33.9 Å². The summed E-state index contributed by atoms with van der Waals surface area (Å²) < 4.78 is 35.1. The molecule has 0 fully saturated rings. The Kier molecular flexibility index (Phi) is 4.41. The molecule has 0 N–H and O–H groups in total. The maximum atomic E-state index is 14.6. The number of alkyl halides is 2. The highest BCUT2D eigenvalue weighted by atomic mass is 28.4. The number of halogens is 2. The first-order valence-corrected chi connectivity index (χ1v) is 10.7. The maximum absolute atomic E-state index is 14.6. The van der Waals surface area contributed by atoms with E-state index in [1.165, 1.54) is 0 Å². The van der Waals surface area contributed by atoms with Crippen molar-refractivity contribution in [3.8, 4) is 0 Å². The lowest BCUT2D eigenvalue weighted by Gasteiger charge is -2.39. The van der Waals surface area contributed by atoms with Crippen molar-refractivity contribution >= 4 is 19.7 Å². The SMILES string of the molecule is CC1=C(c2ccccc2)C(=O)C(F)(F)C1O[Si](C)(C)C(C)(C)C. The van der Waals surface area contributed by atoms with Gasteiger partial charge in [0.1, 0.15) is 6.10 Å². The van der Waals surface area contributed by atoms with Crippen LogP contribution in [0.1, 0.15) is 33.3 Å². The average molecular weight is 338 g/mol. The molecule has 1 aromatic rings. The number of carbonyl (C=O) groups is 1. The van der Waals surface area contributed by atoms with Gasteiger partial charge in [0.15, 0.2) is 8.32 Å². The molecule has 5 heteroatoms. The van der Waals surface area contributed by atoms with Crippen LogP contribution >= 0.6 is 0 Å². The topological polar surface area (TPSA) is 26.3 Å². The van der Waals surface area contributed by atoms with Crippen LogP contribution in [-0.4, -0.2) is 26.1 Å². The van der Waals surface area contributed by atoms with Gasteiger partial charge in [0.05, 0.1) is 0 Å². The fraction of sp³-hybridized carbons (Fsp3) is 0.500. The first kappa shape index (κ1) is 18.0. The highest BCUT2D eigenvalue weighted by Crippen LogP contribution is 2.46. The molecule has 0 saturated carbocycles. The van der Waals surface area contributed by atoms with E-state index in [4.69, 9.17) is 4.43 Å². The molecule has 0 aromatic heterocycles. The van der Waals surface area contributed by atoms with Crippen molar-refractivity contribution in [2.24, 2.45) is 0 Å². The first-order chi connectivity index (χ1) is 10.4. The second kappa shape index (κ2) is 5.63. The van der Waals surface area contributed by atoms with Crippen molar-refractivity contribution in [2.45, 2.75) is 57.9 Å². The molecule has 1 aliphatic carbocycles. The highest BCUT2D eigenvalue weighted by Gasteiger charge is 2.58. The number of allylic oxidation sites excluding steroid dienone is 1. The van der Waals surface area contributed by atoms with Crippen molar-refractivity contribution in [2.75, 3.05) is 0 Å². The van der Waals surface area contributed by atoms with Crippen molar-refractivity contribution < 1.29 is 18.0 Å². The van der Waals surface area contributed by atoms with Gasteiger partial charge in [0.25, 0.3) is 0 Å². The van der Waals surface area contributed by atoms with E-state index in [-0.39, 0.29) is 10.6 Å². The van der Waals surface area contributed by atoms with Crippen LogP contribution in [0, 0.1) is 0 Å². The Bertz CT molecular complexity index is 643. The van der Waals surface area contributed by atoms with Crippen LogP contribution < -0.4 is 0 Å². The Morgan fingerprint density at radius 3 is 2.13 bits per heavy atom. The smallest absolute Gasteiger partial charge is 0.337 e. The lowest BCUT2D eigenvalue weighted by atomic mass is 10.0. The van der Waals surface area contributed by atoms with Gasteiger partial charge in [0.2, 0.25) is 5.78 Å². The molecule has 0 bridgehead atoms. The molecule has 0 amide bonds. The van der Waals surface area contributed by atoms with Crippen LogP contribution in [0.2, 0.25) is 18.1 Å². The Morgan fingerprint density at radius 1 is 1.13 bits per heavy atom. The third-order valence-electron chi connectivity index (χ3n) is 4.93. The summed E-state index contributed by atoms with van der Waals surface area (Å²) in [5, 5.41) is -0.206. The number of benzene rings is 1. The summed E-state index contributed by atoms with van der Waals surface area (Å²) in [6, 6.07) is 8.63. The molecule has 0 heterocycles. The summed E-state index contributed by atoms with van der Waals surface area (Å²) >= 11 is 0. The molecule has 1 aliphatic rings. The lowest BCUT2D eigenvalue weighted by Crippen LogP contribution is -2.49. The van der Waals surface area contributed by atoms with Gasteiger partial charge >= 0.3 is 5.92 Å². The zero-order valence-electron chi connectivity index (χ0n) is 14.5. The summed E-state index contributed by atoms with van der Waals surface area (Å²) in [6.45, 7) is 11.4. The third kappa shape index (κ3) is 3.04. The fourth-order valence-corrected chi connectivity index (χ4v) is 3.73. The number of Topliss-reactive ketones (excluding diaryl/α,β-unsaturated/α-hetero) is 1. The summed E-state index contributed by atoms with van der Waals surface area (Å²) in [6.07, 6.45) is -1.47. The molecule has 0 saturated heterocycles. The van der Waals surface area contributed by atoms with Gasteiger partial charge in [-0.15, -0.1) is 0 Å². The zero-order valence-corrected chi connectivity index (χ0v) is 15.5. The van der Waals surface area contributed by atoms with E-state index < -0.39 is 26.1 Å². The Morgan fingerprint density at radius 2 is 1.65 bits per heavy atom. The third-order valence-corrected chi connectivity index (χ3v) is 9.37. The average Bonchev–Trinajstić information content (AvgIpc) is 2.59. The number of hydrogen-bond donors (Lipinski definition) is 0. The van der Waals surface area contributed by atoms with E-state index >= 15 is 0 Å². The van der Waals surface area contributed by atoms with E-state index in [9.17, 15) is 13.6 Å². The van der Waals surface area contributed by atoms with E-state index in [2.05, 4.69) is 0 Å². The van der Waals surface area contributed by atoms with Crippen molar-refractivity contribution in [3.63, 3.8) is 0 Å². The Balaban J connectivity index is 2.48. The predicted molar refractivity (Wildman–Crippen MR) is 91.1 cm³/mol. The first-order valence-electron chi connectivity index (χ1n) is 7.76. The van der Waals surface area contributed by atoms with Crippen LogP contribution in [0.25, 0.3) is 5.57 Å². The largest absolute Gasteiger partial charge is 0.404 e. The minimum absolute atomic E-state index is 0.0966. The van der Waals surface area contributed by atoms with Gasteiger partial charge in [0, 0.05) is 5.57 Å². The van der Waals surface area contributed by atoms with Gasteiger partial charge in [-0.25, -0.2) is 0 Å². The zero-order chi connectivity index (χ0) is 17.6. The molecule has 1 aromatic carbocycles. The molecule has 1 atom stereocenters. The number of carbonyl (C=O) groups excluding carboxylic acids is 1. The van der Waals surface area contributed by atoms with Gasteiger partial charge in [-0.3, -0.25) is 4.79 Å². The van der Waals surface area contributed by atoms with E-state index in [1.54, 1.807) is 37.3 Å². The lowest BCUT2D eigenvalue weighted by molar-refractivity contribution is -0.145. The predicted octanol–water partition coefficient (Wildman–Crippen LogP) is 5.07. The fourth-order valence-electron chi connectivity index (χ4n) is 2.47. The second-order valence-corrected chi connectivity index (χ2v) is 12.4. The van der Waals surface area contributed by atoms with Crippen molar-refractivity contribution in [3.05, 3.63) is 41.5 Å². The summed E-state index contributed by atoms with van der Waals surface area (Å²) in [5.41, 5.74) is 0.950. The minimum atomic E-state index is -3.51. The van der Waals surface area contributed by atoms with Crippen molar-refractivity contribution in [1.82, 2.24) is 0 Å². The van der Waals surface area contributed by atoms with Gasteiger partial charge in [-0.2, -0.15) is 8.78 Å². The van der Waals surface area contributed by atoms with Crippen LogP contribution in [0.5, 0.6) is 0 Å². The highest BCUT2D eigenvalue weighted by molar-refractivity contribution is 6.74.